The summed E-state index contributed by atoms with van der Waals surface area (Å²) >= 11 is 0. The molecule has 3 N–H and O–H groups in total. The van der Waals surface area contributed by atoms with Gasteiger partial charge in [0.15, 0.2) is 5.69 Å². The van der Waals surface area contributed by atoms with Crippen molar-refractivity contribution in [1.82, 2.24) is 20.4 Å². The summed E-state index contributed by atoms with van der Waals surface area (Å²) in [5, 5.41) is 22.1. The van der Waals surface area contributed by atoms with E-state index in [9.17, 15) is 28.0 Å². The van der Waals surface area contributed by atoms with Gasteiger partial charge in [-0.1, -0.05) is 36.4 Å². The van der Waals surface area contributed by atoms with Crippen LogP contribution in [0.4, 0.5) is 23.7 Å². The predicted octanol–water partition coefficient (Wildman–Crippen LogP) is 7.13. The van der Waals surface area contributed by atoms with Crippen LogP contribution in [0, 0.1) is 17.2 Å². The second kappa shape index (κ2) is 13.7. The van der Waals surface area contributed by atoms with Crippen LogP contribution >= 0.6 is 0 Å². The number of alkyl carbamates (subject to hydrolysis) is 1. The van der Waals surface area contributed by atoms with Gasteiger partial charge in [0.1, 0.15) is 11.3 Å². The van der Waals surface area contributed by atoms with Gasteiger partial charge in [-0.05, 0) is 99.2 Å². The number of benzene rings is 3. The van der Waals surface area contributed by atoms with Crippen molar-refractivity contribution in [3.63, 3.8) is 0 Å². The fourth-order valence-electron chi connectivity index (χ4n) is 4.98. The van der Waals surface area contributed by atoms with E-state index in [4.69, 9.17) is 4.74 Å². The molecule has 1 atom stereocenters. The van der Waals surface area contributed by atoms with Crippen molar-refractivity contribution in [3.05, 3.63) is 113 Å². The summed E-state index contributed by atoms with van der Waals surface area (Å²) in [7, 11) is 0. The average molecular weight is 645 g/mol. The topological polar surface area (TPSA) is 121 Å². The first-order chi connectivity index (χ1) is 22.3. The summed E-state index contributed by atoms with van der Waals surface area (Å²) in [6.07, 6.45) is -3.16. The van der Waals surface area contributed by atoms with Crippen molar-refractivity contribution in [1.29, 1.82) is 5.26 Å². The van der Waals surface area contributed by atoms with Crippen LogP contribution in [0.3, 0.4) is 0 Å². The Bertz CT molecular complexity index is 1800. The Morgan fingerprint density at radius 1 is 1.00 bits per heavy atom. The van der Waals surface area contributed by atoms with Crippen molar-refractivity contribution in [3.8, 4) is 11.8 Å². The van der Waals surface area contributed by atoms with Gasteiger partial charge in [0.25, 0.3) is 5.91 Å². The van der Waals surface area contributed by atoms with E-state index in [2.05, 4.69) is 27.1 Å². The van der Waals surface area contributed by atoms with Crippen LogP contribution in [0.1, 0.15) is 78.1 Å². The zero-order valence-corrected chi connectivity index (χ0v) is 26.2. The number of aromatic nitrogens is 2. The second-order valence-corrected chi connectivity index (χ2v) is 12.5. The molecular formula is C35H35F3N6O3. The van der Waals surface area contributed by atoms with Crippen LogP contribution in [0.15, 0.2) is 78.9 Å². The number of rotatable bonds is 10. The number of hydrogen-bond donors (Lipinski definition) is 3. The summed E-state index contributed by atoms with van der Waals surface area (Å²) in [4.78, 5) is 25.7. The fraction of sp³-hybridized carbons (Fsp3) is 0.314. The Hall–Kier alpha value is -5.15. The van der Waals surface area contributed by atoms with Crippen LogP contribution in [0.5, 0.6) is 0 Å². The van der Waals surface area contributed by atoms with Gasteiger partial charge in [-0.25, -0.2) is 9.48 Å². The number of nitrogens with one attached hydrogen (secondary N) is 3. The van der Waals surface area contributed by atoms with Crippen molar-refractivity contribution >= 4 is 17.7 Å². The van der Waals surface area contributed by atoms with E-state index in [1.54, 1.807) is 57.2 Å². The number of hydrogen-bond acceptors (Lipinski definition) is 6. The van der Waals surface area contributed by atoms with Crippen molar-refractivity contribution in [2.24, 2.45) is 5.92 Å². The molecule has 0 radical (unpaired) electrons. The molecule has 47 heavy (non-hydrogen) atoms. The summed E-state index contributed by atoms with van der Waals surface area (Å²) in [6.45, 7) is 6.00. The molecule has 12 heteroatoms. The lowest BCUT2D eigenvalue weighted by atomic mass is 9.96. The van der Waals surface area contributed by atoms with Crippen LogP contribution in [-0.4, -0.2) is 33.9 Å². The van der Waals surface area contributed by atoms with Gasteiger partial charge in [0, 0.05) is 18.3 Å². The van der Waals surface area contributed by atoms with E-state index < -0.39 is 29.5 Å². The highest BCUT2D eigenvalue weighted by Gasteiger charge is 2.36. The van der Waals surface area contributed by atoms with Crippen LogP contribution < -0.4 is 16.0 Å². The average Bonchev–Trinajstić information content (AvgIpc) is 3.73. The minimum Gasteiger partial charge on any atom is -0.444 e. The molecule has 1 fully saturated rings. The molecule has 1 aliphatic rings. The molecule has 0 spiro atoms. The molecule has 1 aliphatic carbocycles. The Labute approximate surface area is 270 Å². The molecule has 2 amide bonds. The number of ether oxygens (including phenoxy) is 1. The minimum absolute atomic E-state index is 0.0394. The van der Waals surface area contributed by atoms with Crippen molar-refractivity contribution < 1.29 is 27.5 Å². The molecule has 9 nitrogen and oxygen atoms in total. The number of halogens is 3. The van der Waals surface area contributed by atoms with Gasteiger partial charge in [0.05, 0.1) is 23.4 Å². The number of carbonyl (C=O) groups excluding carboxylic acids is 2. The van der Waals surface area contributed by atoms with Gasteiger partial charge < -0.3 is 20.7 Å². The molecule has 0 aliphatic heterocycles. The molecule has 0 bridgehead atoms. The molecule has 1 aromatic heterocycles. The monoisotopic (exact) mass is 644 g/mol. The number of alkyl halides is 3. The lowest BCUT2D eigenvalue weighted by molar-refractivity contribution is -0.141. The third-order valence-electron chi connectivity index (χ3n) is 7.36. The molecule has 244 valence electrons. The van der Waals surface area contributed by atoms with Gasteiger partial charge in [-0.3, -0.25) is 4.79 Å². The molecule has 4 aromatic rings. The van der Waals surface area contributed by atoms with E-state index in [1.165, 1.54) is 12.1 Å². The first kappa shape index (κ1) is 33.2. The Morgan fingerprint density at radius 3 is 2.38 bits per heavy atom. The van der Waals surface area contributed by atoms with Gasteiger partial charge >= 0.3 is 12.3 Å². The molecule has 1 saturated carbocycles. The SMILES string of the molecule is CC(C)(C)OC(=O)NCc1cccc(-n2nc(C(F)(F)F)cc2C(=O)Nc2cccc(C(NCC3CC3)c3cccc(C#N)c3)c2)c1. The van der Waals surface area contributed by atoms with Crippen LogP contribution in [-0.2, 0) is 17.5 Å². The Balaban J connectivity index is 1.41. The number of nitriles is 1. The largest absolute Gasteiger partial charge is 0.444 e. The maximum atomic E-state index is 13.8. The van der Waals surface area contributed by atoms with Gasteiger partial charge in [-0.2, -0.15) is 23.5 Å². The lowest BCUT2D eigenvalue weighted by Crippen LogP contribution is -2.32. The number of carbonyl (C=O) groups is 2. The summed E-state index contributed by atoms with van der Waals surface area (Å²) < 4.78 is 47.6. The first-order valence-corrected chi connectivity index (χ1v) is 15.2. The predicted molar refractivity (Wildman–Crippen MR) is 170 cm³/mol. The van der Waals surface area contributed by atoms with Crippen LogP contribution in [0.2, 0.25) is 0 Å². The second-order valence-electron chi connectivity index (χ2n) is 12.5. The molecule has 5 rings (SSSR count). The summed E-state index contributed by atoms with van der Waals surface area (Å²) in [6, 6.07) is 23.3. The molecule has 1 heterocycles. The molecular weight excluding hydrogens is 609 g/mol. The Kier molecular flexibility index (Phi) is 9.67. The maximum Gasteiger partial charge on any atom is 0.435 e. The fourth-order valence-corrected chi connectivity index (χ4v) is 4.98. The third-order valence-corrected chi connectivity index (χ3v) is 7.36. The maximum absolute atomic E-state index is 13.8. The zero-order chi connectivity index (χ0) is 33.8. The minimum atomic E-state index is -4.80. The number of anilines is 1. The normalized spacial score (nSPS) is 13.8. The van der Waals surface area contributed by atoms with Gasteiger partial charge in [-0.15, -0.1) is 0 Å². The molecule has 3 aromatic carbocycles. The van der Waals surface area contributed by atoms with Crippen molar-refractivity contribution in [2.45, 2.75) is 58.0 Å². The van der Waals surface area contributed by atoms with E-state index in [-0.39, 0.29) is 24.0 Å². The Morgan fingerprint density at radius 2 is 1.70 bits per heavy atom. The van der Waals surface area contributed by atoms with E-state index in [0.717, 1.165) is 35.2 Å². The lowest BCUT2D eigenvalue weighted by Gasteiger charge is -2.21. The standard InChI is InChI=1S/C35H35F3N6O3/c1-34(2,3)47-33(46)41-21-24-8-5-12-28(16-24)44-29(18-30(43-44)35(36,37)38)32(45)42-27-11-6-10-26(17-27)31(40-20-22-13-14-22)25-9-4-7-23(15-25)19-39/h4-12,15-18,22,31,40H,13-14,20-21H2,1-3H3,(H,41,46)(H,42,45). The molecule has 1 unspecified atom stereocenters. The zero-order valence-electron chi connectivity index (χ0n) is 26.2. The third kappa shape index (κ3) is 8.98. The highest BCUT2D eigenvalue weighted by atomic mass is 19.4. The first-order valence-electron chi connectivity index (χ1n) is 15.2. The van der Waals surface area contributed by atoms with Crippen LogP contribution in [0.25, 0.3) is 5.69 Å². The van der Waals surface area contributed by atoms with Gasteiger partial charge in [0.2, 0.25) is 0 Å². The quantitative estimate of drug-likeness (QED) is 0.169. The highest BCUT2D eigenvalue weighted by molar-refractivity contribution is 6.03. The summed E-state index contributed by atoms with van der Waals surface area (Å²) in [5.74, 6) is -0.217. The van der Waals surface area contributed by atoms with E-state index in [1.807, 2.05) is 24.3 Å². The van der Waals surface area contributed by atoms with E-state index in [0.29, 0.717) is 28.8 Å². The van der Waals surface area contributed by atoms with E-state index >= 15 is 0 Å². The number of amides is 2. The molecule has 0 saturated heterocycles. The summed E-state index contributed by atoms with van der Waals surface area (Å²) in [5.41, 5.74) is 1.08. The highest BCUT2D eigenvalue weighted by Crippen LogP contribution is 2.32. The van der Waals surface area contributed by atoms with Crippen molar-refractivity contribution in [2.75, 3.05) is 11.9 Å². The smallest absolute Gasteiger partial charge is 0.435 e. The number of nitrogens with zero attached hydrogens (tertiary/aromatic N) is 3.